The Hall–Kier alpha value is -3.02. The van der Waals surface area contributed by atoms with Gasteiger partial charge in [0.1, 0.15) is 11.4 Å². The number of aromatic amines is 1. The highest BCUT2D eigenvalue weighted by Gasteiger charge is 2.22. The third kappa shape index (κ3) is 3.17. The van der Waals surface area contributed by atoms with Crippen LogP contribution in [0.1, 0.15) is 29.9 Å². The molecule has 24 heavy (non-hydrogen) atoms. The Labute approximate surface area is 139 Å². The van der Waals surface area contributed by atoms with E-state index in [1.807, 2.05) is 32.0 Å². The summed E-state index contributed by atoms with van der Waals surface area (Å²) in [4.78, 5) is 12.8. The molecule has 2 aromatic heterocycles. The van der Waals surface area contributed by atoms with Crippen LogP contribution in [0.2, 0.25) is 0 Å². The number of hydrogen-bond acceptors (Lipinski definition) is 4. The lowest BCUT2D eigenvalue weighted by atomic mass is 10.1. The third-order valence-corrected chi connectivity index (χ3v) is 3.43. The van der Waals surface area contributed by atoms with Crippen molar-refractivity contribution in [1.29, 1.82) is 0 Å². The smallest absolute Gasteiger partial charge is 0.260 e. The number of nitrogens with one attached hydrogen (secondary N) is 2. The Bertz CT molecular complexity index is 835. The molecule has 0 saturated carbocycles. The van der Waals surface area contributed by atoms with Crippen LogP contribution in [0.4, 0.5) is 5.69 Å². The number of para-hydroxylation sites is 2. The van der Waals surface area contributed by atoms with Crippen molar-refractivity contribution in [2.45, 2.75) is 26.9 Å². The summed E-state index contributed by atoms with van der Waals surface area (Å²) in [5, 5.41) is 9.91. The van der Waals surface area contributed by atoms with Crippen molar-refractivity contribution in [3.63, 3.8) is 0 Å². The second kappa shape index (κ2) is 6.62. The molecule has 6 heteroatoms. The van der Waals surface area contributed by atoms with Crippen LogP contribution in [0.15, 0.2) is 47.1 Å². The summed E-state index contributed by atoms with van der Waals surface area (Å²) in [6.07, 6.45) is 1.56. The van der Waals surface area contributed by atoms with Gasteiger partial charge in [-0.25, -0.2) is 0 Å². The Balaban J connectivity index is 1.91. The van der Waals surface area contributed by atoms with Crippen molar-refractivity contribution in [3.05, 3.63) is 53.9 Å². The minimum absolute atomic E-state index is 0.0115. The predicted octanol–water partition coefficient (Wildman–Crippen LogP) is 4.02. The van der Waals surface area contributed by atoms with E-state index in [4.69, 9.17) is 9.15 Å². The summed E-state index contributed by atoms with van der Waals surface area (Å²) in [7, 11) is 0. The fourth-order valence-electron chi connectivity index (χ4n) is 2.41. The number of nitrogens with zero attached hydrogens (tertiary/aromatic N) is 1. The van der Waals surface area contributed by atoms with Gasteiger partial charge in [0.05, 0.1) is 23.6 Å². The molecule has 0 atom stereocenters. The van der Waals surface area contributed by atoms with Crippen molar-refractivity contribution in [1.82, 2.24) is 10.2 Å². The maximum absolute atomic E-state index is 12.8. The summed E-state index contributed by atoms with van der Waals surface area (Å²) < 4.78 is 11.1. The van der Waals surface area contributed by atoms with Gasteiger partial charge in [0.15, 0.2) is 5.76 Å². The van der Waals surface area contributed by atoms with E-state index in [0.29, 0.717) is 34.1 Å². The SMILES string of the molecule is Cc1[nH]nc(-c2ccco2)c1C(=O)Nc1ccccc1OC(C)C. The molecule has 0 aliphatic carbocycles. The maximum Gasteiger partial charge on any atom is 0.260 e. The molecule has 0 radical (unpaired) electrons. The number of hydrogen-bond donors (Lipinski definition) is 2. The Morgan fingerprint density at radius 3 is 2.75 bits per heavy atom. The lowest BCUT2D eigenvalue weighted by Gasteiger charge is -2.14. The second-order valence-corrected chi connectivity index (χ2v) is 5.67. The number of amides is 1. The highest BCUT2D eigenvalue weighted by molar-refractivity contribution is 6.09. The van der Waals surface area contributed by atoms with Crippen molar-refractivity contribution >= 4 is 11.6 Å². The van der Waals surface area contributed by atoms with Crippen LogP contribution in [-0.2, 0) is 0 Å². The van der Waals surface area contributed by atoms with Gasteiger partial charge in [-0.3, -0.25) is 9.89 Å². The monoisotopic (exact) mass is 325 g/mol. The number of furan rings is 1. The molecule has 0 aliphatic heterocycles. The number of aromatic nitrogens is 2. The lowest BCUT2D eigenvalue weighted by molar-refractivity contribution is 0.102. The van der Waals surface area contributed by atoms with Crippen LogP contribution in [0.25, 0.3) is 11.5 Å². The molecule has 6 nitrogen and oxygen atoms in total. The van der Waals surface area contributed by atoms with E-state index in [2.05, 4.69) is 15.5 Å². The summed E-state index contributed by atoms with van der Waals surface area (Å²) in [5.41, 5.74) is 2.21. The van der Waals surface area contributed by atoms with Crippen molar-refractivity contribution in [2.24, 2.45) is 0 Å². The summed E-state index contributed by atoms with van der Waals surface area (Å²) in [5.74, 6) is 0.894. The van der Waals surface area contributed by atoms with Gasteiger partial charge >= 0.3 is 0 Å². The van der Waals surface area contributed by atoms with E-state index in [-0.39, 0.29) is 12.0 Å². The molecule has 124 valence electrons. The molecular weight excluding hydrogens is 306 g/mol. The largest absolute Gasteiger partial charge is 0.489 e. The Morgan fingerprint density at radius 2 is 2.04 bits per heavy atom. The van der Waals surface area contributed by atoms with Crippen LogP contribution in [0, 0.1) is 6.92 Å². The molecule has 0 spiro atoms. The highest BCUT2D eigenvalue weighted by Crippen LogP contribution is 2.28. The van der Waals surface area contributed by atoms with Gasteiger partial charge in [0, 0.05) is 5.69 Å². The maximum atomic E-state index is 12.8. The molecule has 1 aromatic carbocycles. The van der Waals surface area contributed by atoms with E-state index in [0.717, 1.165) is 0 Å². The molecule has 3 rings (SSSR count). The van der Waals surface area contributed by atoms with E-state index in [1.165, 1.54) is 0 Å². The van der Waals surface area contributed by atoms with E-state index >= 15 is 0 Å². The van der Waals surface area contributed by atoms with Gasteiger partial charge in [0.25, 0.3) is 5.91 Å². The molecule has 0 fully saturated rings. The molecule has 0 unspecified atom stereocenters. The number of carbonyl (C=O) groups excluding carboxylic acids is 1. The standard InChI is InChI=1S/C18H19N3O3/c1-11(2)24-14-8-5-4-7-13(14)19-18(22)16-12(3)20-21-17(16)15-9-6-10-23-15/h4-11H,1-3H3,(H,19,22)(H,20,21). The summed E-state index contributed by atoms with van der Waals surface area (Å²) in [6.45, 7) is 5.67. The van der Waals surface area contributed by atoms with Crippen LogP contribution in [0.5, 0.6) is 5.75 Å². The minimum Gasteiger partial charge on any atom is -0.489 e. The van der Waals surface area contributed by atoms with Crippen LogP contribution >= 0.6 is 0 Å². The average molecular weight is 325 g/mol. The van der Waals surface area contributed by atoms with E-state index in [1.54, 1.807) is 31.4 Å². The Morgan fingerprint density at radius 1 is 1.25 bits per heavy atom. The van der Waals surface area contributed by atoms with Crippen molar-refractivity contribution < 1.29 is 13.9 Å². The highest BCUT2D eigenvalue weighted by atomic mass is 16.5. The Kier molecular flexibility index (Phi) is 4.37. The molecule has 1 amide bonds. The lowest BCUT2D eigenvalue weighted by Crippen LogP contribution is -2.15. The van der Waals surface area contributed by atoms with Gasteiger partial charge in [-0.1, -0.05) is 12.1 Å². The normalized spacial score (nSPS) is 10.8. The van der Waals surface area contributed by atoms with Gasteiger partial charge in [-0.2, -0.15) is 5.10 Å². The fraction of sp³-hybridized carbons (Fsp3) is 0.222. The second-order valence-electron chi connectivity index (χ2n) is 5.67. The molecule has 2 heterocycles. The molecule has 2 N–H and O–H groups in total. The van der Waals surface area contributed by atoms with E-state index in [9.17, 15) is 4.79 Å². The number of ether oxygens (including phenoxy) is 1. The zero-order chi connectivity index (χ0) is 17.1. The molecular formula is C18H19N3O3. The predicted molar refractivity (Wildman–Crippen MR) is 91.2 cm³/mol. The molecule has 0 aliphatic rings. The first kappa shape index (κ1) is 15.9. The minimum atomic E-state index is -0.271. The zero-order valence-electron chi connectivity index (χ0n) is 13.8. The number of carbonyl (C=O) groups is 1. The number of rotatable bonds is 5. The van der Waals surface area contributed by atoms with Crippen molar-refractivity contribution in [2.75, 3.05) is 5.32 Å². The van der Waals surface area contributed by atoms with Crippen LogP contribution in [0.3, 0.4) is 0 Å². The molecule has 0 bridgehead atoms. The van der Waals surface area contributed by atoms with Gasteiger partial charge in [-0.05, 0) is 45.0 Å². The molecule has 3 aromatic rings. The zero-order valence-corrected chi connectivity index (χ0v) is 13.8. The fourth-order valence-corrected chi connectivity index (χ4v) is 2.41. The summed E-state index contributed by atoms with van der Waals surface area (Å²) in [6, 6.07) is 10.9. The van der Waals surface area contributed by atoms with Crippen LogP contribution in [-0.4, -0.2) is 22.2 Å². The van der Waals surface area contributed by atoms with Gasteiger partial charge < -0.3 is 14.5 Å². The number of anilines is 1. The first-order valence-corrected chi connectivity index (χ1v) is 7.72. The van der Waals surface area contributed by atoms with Crippen LogP contribution < -0.4 is 10.1 Å². The first-order valence-electron chi connectivity index (χ1n) is 7.72. The third-order valence-electron chi connectivity index (χ3n) is 3.43. The van der Waals surface area contributed by atoms with Gasteiger partial charge in [-0.15, -0.1) is 0 Å². The number of H-pyrrole nitrogens is 1. The number of aryl methyl sites for hydroxylation is 1. The van der Waals surface area contributed by atoms with Gasteiger partial charge in [0.2, 0.25) is 0 Å². The van der Waals surface area contributed by atoms with Crippen molar-refractivity contribution in [3.8, 4) is 17.2 Å². The van der Waals surface area contributed by atoms with E-state index < -0.39 is 0 Å². The first-order chi connectivity index (χ1) is 11.6. The number of benzene rings is 1. The summed E-state index contributed by atoms with van der Waals surface area (Å²) >= 11 is 0. The molecule has 0 saturated heterocycles. The topological polar surface area (TPSA) is 80.2 Å². The average Bonchev–Trinajstić information content (AvgIpc) is 3.17. The quantitative estimate of drug-likeness (QED) is 0.742.